The first-order valence-electron chi connectivity index (χ1n) is 7.92. The SMILES string of the molecule is Cc1cccc(OCC(=O)NC2CCN(C)c3ccccc32)c1. The number of nitrogens with zero attached hydrogens (tertiary/aromatic N) is 1. The number of anilines is 1. The van der Waals surface area contributed by atoms with Crippen LogP contribution in [0.3, 0.4) is 0 Å². The largest absolute Gasteiger partial charge is 0.484 e. The van der Waals surface area contributed by atoms with E-state index in [1.807, 2.05) is 43.3 Å². The van der Waals surface area contributed by atoms with Gasteiger partial charge in [-0.05, 0) is 42.7 Å². The van der Waals surface area contributed by atoms with Crippen LogP contribution in [0, 0.1) is 6.92 Å². The maximum Gasteiger partial charge on any atom is 0.258 e. The van der Waals surface area contributed by atoms with Crippen molar-refractivity contribution in [3.05, 3.63) is 59.7 Å². The van der Waals surface area contributed by atoms with Gasteiger partial charge in [-0.25, -0.2) is 0 Å². The van der Waals surface area contributed by atoms with Gasteiger partial charge in [-0.15, -0.1) is 0 Å². The molecule has 3 rings (SSSR count). The van der Waals surface area contributed by atoms with E-state index >= 15 is 0 Å². The Hall–Kier alpha value is -2.49. The Morgan fingerprint density at radius 2 is 2.09 bits per heavy atom. The van der Waals surface area contributed by atoms with Gasteiger partial charge < -0.3 is 15.0 Å². The van der Waals surface area contributed by atoms with Crippen molar-refractivity contribution in [2.24, 2.45) is 0 Å². The first kappa shape index (κ1) is 15.4. The lowest BCUT2D eigenvalue weighted by molar-refractivity contribution is -0.123. The van der Waals surface area contributed by atoms with Crippen molar-refractivity contribution in [2.75, 3.05) is 25.1 Å². The average Bonchev–Trinajstić information content (AvgIpc) is 2.56. The Bertz CT molecular complexity index is 699. The molecule has 23 heavy (non-hydrogen) atoms. The highest BCUT2D eigenvalue weighted by Gasteiger charge is 2.24. The second-order valence-corrected chi connectivity index (χ2v) is 5.99. The topological polar surface area (TPSA) is 41.6 Å². The van der Waals surface area contributed by atoms with Crippen LogP contribution in [0.25, 0.3) is 0 Å². The molecule has 0 saturated carbocycles. The molecule has 0 fully saturated rings. The molecular formula is C19H22N2O2. The molecular weight excluding hydrogens is 288 g/mol. The minimum absolute atomic E-state index is 0.0396. The van der Waals surface area contributed by atoms with Crippen molar-refractivity contribution < 1.29 is 9.53 Å². The zero-order valence-corrected chi connectivity index (χ0v) is 13.6. The number of para-hydroxylation sites is 1. The second kappa shape index (κ2) is 6.73. The molecule has 1 unspecified atom stereocenters. The first-order chi connectivity index (χ1) is 11.1. The zero-order valence-electron chi connectivity index (χ0n) is 13.6. The van der Waals surface area contributed by atoms with Gasteiger partial charge in [0.15, 0.2) is 6.61 Å². The van der Waals surface area contributed by atoms with Crippen molar-refractivity contribution in [2.45, 2.75) is 19.4 Å². The summed E-state index contributed by atoms with van der Waals surface area (Å²) in [6, 6.07) is 16.0. The molecule has 1 heterocycles. The summed E-state index contributed by atoms with van der Waals surface area (Å²) in [6.45, 7) is 2.97. The molecule has 4 heteroatoms. The van der Waals surface area contributed by atoms with Crippen LogP contribution in [0.1, 0.15) is 23.6 Å². The Kier molecular flexibility index (Phi) is 4.51. The van der Waals surface area contributed by atoms with E-state index in [2.05, 4.69) is 29.4 Å². The van der Waals surface area contributed by atoms with Crippen molar-refractivity contribution >= 4 is 11.6 Å². The highest BCUT2D eigenvalue weighted by atomic mass is 16.5. The van der Waals surface area contributed by atoms with Gasteiger partial charge in [-0.2, -0.15) is 0 Å². The van der Waals surface area contributed by atoms with Gasteiger partial charge in [0.05, 0.1) is 6.04 Å². The van der Waals surface area contributed by atoms with Crippen LogP contribution in [0.4, 0.5) is 5.69 Å². The molecule has 120 valence electrons. The summed E-state index contributed by atoms with van der Waals surface area (Å²) in [5.41, 5.74) is 3.47. The molecule has 0 saturated heterocycles. The van der Waals surface area contributed by atoms with Crippen molar-refractivity contribution in [3.8, 4) is 5.75 Å². The summed E-state index contributed by atoms with van der Waals surface area (Å²) in [5, 5.41) is 3.09. The standard InChI is InChI=1S/C19H22N2O2/c1-14-6-5-7-15(12-14)23-13-19(22)20-17-10-11-21(2)18-9-4-3-8-16(17)18/h3-9,12,17H,10-11,13H2,1-2H3,(H,20,22). The summed E-state index contributed by atoms with van der Waals surface area (Å²) < 4.78 is 5.58. The molecule has 0 aromatic heterocycles. The number of nitrogens with one attached hydrogen (secondary N) is 1. The molecule has 1 amide bonds. The second-order valence-electron chi connectivity index (χ2n) is 5.99. The number of aryl methyl sites for hydroxylation is 1. The maximum absolute atomic E-state index is 12.2. The molecule has 1 N–H and O–H groups in total. The highest BCUT2D eigenvalue weighted by molar-refractivity contribution is 5.78. The number of benzene rings is 2. The smallest absolute Gasteiger partial charge is 0.258 e. The quantitative estimate of drug-likeness (QED) is 0.943. The third-order valence-electron chi connectivity index (χ3n) is 4.17. The summed E-state index contributed by atoms with van der Waals surface area (Å²) in [4.78, 5) is 14.4. The van der Waals surface area contributed by atoms with Gasteiger partial charge in [0, 0.05) is 19.3 Å². The number of hydrogen-bond acceptors (Lipinski definition) is 3. The van der Waals surface area contributed by atoms with Gasteiger partial charge in [0.25, 0.3) is 5.91 Å². The summed E-state index contributed by atoms with van der Waals surface area (Å²) in [5.74, 6) is 0.639. The predicted molar refractivity (Wildman–Crippen MR) is 91.9 cm³/mol. The van der Waals surface area contributed by atoms with E-state index < -0.39 is 0 Å². The fourth-order valence-corrected chi connectivity index (χ4v) is 2.97. The Balaban J connectivity index is 1.61. The van der Waals surface area contributed by atoms with Crippen LogP contribution in [0.2, 0.25) is 0 Å². The molecule has 4 nitrogen and oxygen atoms in total. The van der Waals surface area contributed by atoms with E-state index in [1.54, 1.807) is 0 Å². The zero-order chi connectivity index (χ0) is 16.2. The summed E-state index contributed by atoms with van der Waals surface area (Å²) >= 11 is 0. The molecule has 0 bridgehead atoms. The number of carbonyl (C=O) groups excluding carboxylic acids is 1. The lowest BCUT2D eigenvalue weighted by Gasteiger charge is -2.33. The summed E-state index contributed by atoms with van der Waals surface area (Å²) in [6.07, 6.45) is 0.906. The van der Waals surface area contributed by atoms with E-state index in [-0.39, 0.29) is 18.6 Å². The van der Waals surface area contributed by atoms with E-state index in [0.29, 0.717) is 0 Å². The lowest BCUT2D eigenvalue weighted by Crippen LogP contribution is -2.38. The highest BCUT2D eigenvalue weighted by Crippen LogP contribution is 2.32. The van der Waals surface area contributed by atoms with Crippen LogP contribution in [0.5, 0.6) is 5.75 Å². The van der Waals surface area contributed by atoms with Crippen LogP contribution < -0.4 is 15.0 Å². The monoisotopic (exact) mass is 310 g/mol. The van der Waals surface area contributed by atoms with E-state index in [1.165, 1.54) is 11.3 Å². The number of rotatable bonds is 4. The van der Waals surface area contributed by atoms with Crippen molar-refractivity contribution in [1.82, 2.24) is 5.32 Å². The van der Waals surface area contributed by atoms with Gasteiger partial charge in [-0.1, -0.05) is 30.3 Å². The Labute approximate surface area is 137 Å². The average molecular weight is 310 g/mol. The third-order valence-corrected chi connectivity index (χ3v) is 4.17. The third kappa shape index (κ3) is 3.65. The molecule has 0 spiro atoms. The minimum atomic E-state index is -0.0872. The fourth-order valence-electron chi connectivity index (χ4n) is 2.97. The van der Waals surface area contributed by atoms with E-state index in [9.17, 15) is 4.79 Å². The van der Waals surface area contributed by atoms with Gasteiger partial charge in [0.1, 0.15) is 5.75 Å². The van der Waals surface area contributed by atoms with Crippen molar-refractivity contribution in [3.63, 3.8) is 0 Å². The molecule has 2 aromatic carbocycles. The van der Waals surface area contributed by atoms with Gasteiger partial charge in [-0.3, -0.25) is 4.79 Å². The van der Waals surface area contributed by atoms with Crippen LogP contribution in [-0.4, -0.2) is 26.1 Å². The normalized spacial score (nSPS) is 16.6. The number of ether oxygens (including phenoxy) is 1. The minimum Gasteiger partial charge on any atom is -0.484 e. The molecule has 2 aromatic rings. The predicted octanol–water partition coefficient (Wildman–Crippen LogP) is 3.07. The number of hydrogen-bond donors (Lipinski definition) is 1. The van der Waals surface area contributed by atoms with Crippen LogP contribution >= 0.6 is 0 Å². The Morgan fingerprint density at radius 3 is 2.91 bits per heavy atom. The molecule has 1 aliphatic rings. The number of amides is 1. The Morgan fingerprint density at radius 1 is 1.26 bits per heavy atom. The first-order valence-corrected chi connectivity index (χ1v) is 7.92. The summed E-state index contributed by atoms with van der Waals surface area (Å²) in [7, 11) is 2.08. The molecule has 0 aliphatic carbocycles. The van der Waals surface area contributed by atoms with Crippen molar-refractivity contribution in [1.29, 1.82) is 0 Å². The van der Waals surface area contributed by atoms with E-state index in [0.717, 1.165) is 24.3 Å². The molecule has 1 atom stereocenters. The fraction of sp³-hybridized carbons (Fsp3) is 0.316. The lowest BCUT2D eigenvalue weighted by atomic mass is 9.97. The molecule has 0 radical (unpaired) electrons. The van der Waals surface area contributed by atoms with Gasteiger partial charge >= 0.3 is 0 Å². The number of fused-ring (bicyclic) bond motifs is 1. The van der Waals surface area contributed by atoms with E-state index in [4.69, 9.17) is 4.74 Å². The van der Waals surface area contributed by atoms with Gasteiger partial charge in [0.2, 0.25) is 0 Å². The maximum atomic E-state index is 12.2. The molecule has 1 aliphatic heterocycles. The number of carbonyl (C=O) groups is 1. The van der Waals surface area contributed by atoms with Crippen LogP contribution in [-0.2, 0) is 4.79 Å². The van der Waals surface area contributed by atoms with Crippen LogP contribution in [0.15, 0.2) is 48.5 Å².